The second-order valence-electron chi connectivity index (χ2n) is 8.52. The van der Waals surface area contributed by atoms with E-state index in [0.717, 1.165) is 31.1 Å². The molecule has 1 aliphatic rings. The van der Waals surface area contributed by atoms with Crippen LogP contribution in [-0.2, 0) is 16.6 Å². The zero-order valence-electron chi connectivity index (χ0n) is 18.5. The number of nitrogens with zero attached hydrogens (tertiary/aromatic N) is 5. The third-order valence-electron chi connectivity index (χ3n) is 6.22. The van der Waals surface area contributed by atoms with E-state index < -0.39 is 16.1 Å². The molecule has 12 heteroatoms. The number of anilines is 2. The summed E-state index contributed by atoms with van der Waals surface area (Å²) in [4.78, 5) is 21.5. The van der Waals surface area contributed by atoms with Crippen molar-refractivity contribution in [3.05, 3.63) is 36.2 Å². The van der Waals surface area contributed by atoms with Crippen molar-refractivity contribution in [1.29, 1.82) is 0 Å². The summed E-state index contributed by atoms with van der Waals surface area (Å²) in [6.07, 6.45) is 5.98. The highest BCUT2D eigenvalue weighted by Gasteiger charge is 2.27. The fraction of sp³-hybridized carbons (Fsp3) is 0.429. The molecule has 0 atom stereocenters. The van der Waals surface area contributed by atoms with Crippen LogP contribution in [0.4, 0.5) is 16.4 Å². The molecule has 0 spiro atoms. The monoisotopic (exact) mass is 473 g/mol. The molecule has 0 radical (unpaired) electrons. The van der Waals surface area contributed by atoms with Gasteiger partial charge in [0.15, 0.2) is 5.65 Å². The minimum atomic E-state index is -3.84. The molecule has 1 saturated carbocycles. The van der Waals surface area contributed by atoms with Gasteiger partial charge in [0, 0.05) is 31.5 Å². The Morgan fingerprint density at radius 1 is 1.27 bits per heavy atom. The maximum Gasteiger partial charge on any atom is 0.407 e. The highest BCUT2D eigenvalue weighted by molar-refractivity contribution is 7.89. The van der Waals surface area contributed by atoms with E-state index in [2.05, 4.69) is 20.4 Å². The molecule has 3 aromatic rings. The molecule has 33 heavy (non-hydrogen) atoms. The number of nitrogens with two attached hydrogens (primary N) is 1. The second kappa shape index (κ2) is 8.94. The van der Waals surface area contributed by atoms with Crippen LogP contribution in [-0.4, -0.2) is 57.4 Å². The number of sulfonamides is 1. The Bertz CT molecular complexity index is 1280. The van der Waals surface area contributed by atoms with Crippen LogP contribution in [0, 0.1) is 12.8 Å². The largest absolute Gasteiger partial charge is 0.465 e. The molecule has 4 N–H and O–H groups in total. The molecule has 4 rings (SSSR count). The van der Waals surface area contributed by atoms with Crippen molar-refractivity contribution in [3.8, 4) is 0 Å². The standard InChI is InChI=1S/C21H27N7O4S/c1-13-3-6-16(9-18(13)33(22,31)32)25-20-23-10-15-11-24-28(19(15)26-20)12-14-4-7-17(8-5-14)27(2)21(29)30/h3,6,9-11,14,17H,4-5,7-8,12H2,1-2H3,(H,29,30)(H2,22,31,32)(H,23,25,26)/t14-,17-. The lowest BCUT2D eigenvalue weighted by Gasteiger charge is -2.33. The third kappa shape index (κ3) is 5.06. The van der Waals surface area contributed by atoms with E-state index in [9.17, 15) is 18.3 Å². The summed E-state index contributed by atoms with van der Waals surface area (Å²) in [6, 6.07) is 4.93. The van der Waals surface area contributed by atoms with Crippen LogP contribution in [0.3, 0.4) is 0 Å². The number of fused-ring (bicyclic) bond motifs is 1. The zero-order valence-corrected chi connectivity index (χ0v) is 19.3. The van der Waals surface area contributed by atoms with Crippen molar-refractivity contribution < 1.29 is 18.3 Å². The minimum Gasteiger partial charge on any atom is -0.465 e. The van der Waals surface area contributed by atoms with Crippen molar-refractivity contribution in [2.45, 2.75) is 50.1 Å². The van der Waals surface area contributed by atoms with Gasteiger partial charge < -0.3 is 15.3 Å². The molecule has 2 heterocycles. The van der Waals surface area contributed by atoms with Crippen LogP contribution in [0.25, 0.3) is 11.0 Å². The third-order valence-corrected chi connectivity index (χ3v) is 7.28. The number of amides is 1. The van der Waals surface area contributed by atoms with Crippen LogP contribution in [0.2, 0.25) is 0 Å². The molecule has 176 valence electrons. The van der Waals surface area contributed by atoms with Crippen molar-refractivity contribution in [1.82, 2.24) is 24.6 Å². The first-order chi connectivity index (χ1) is 15.6. The normalized spacial score (nSPS) is 18.9. The Morgan fingerprint density at radius 2 is 2.00 bits per heavy atom. The Morgan fingerprint density at radius 3 is 2.67 bits per heavy atom. The van der Waals surface area contributed by atoms with E-state index in [1.807, 2.05) is 4.68 Å². The highest BCUT2D eigenvalue weighted by Crippen LogP contribution is 2.29. The first-order valence-corrected chi connectivity index (χ1v) is 12.2. The van der Waals surface area contributed by atoms with Gasteiger partial charge in [0.1, 0.15) is 0 Å². The number of aryl methyl sites for hydroxylation is 1. The summed E-state index contributed by atoms with van der Waals surface area (Å²) >= 11 is 0. The molecule has 0 bridgehead atoms. The zero-order chi connectivity index (χ0) is 23.8. The molecular formula is C21H27N7O4S. The summed E-state index contributed by atoms with van der Waals surface area (Å²) < 4.78 is 25.4. The second-order valence-corrected chi connectivity index (χ2v) is 10.0. The summed E-state index contributed by atoms with van der Waals surface area (Å²) in [5.41, 5.74) is 1.74. The lowest BCUT2D eigenvalue weighted by molar-refractivity contribution is 0.116. The Labute approximate surface area is 191 Å². The molecular weight excluding hydrogens is 446 g/mol. The SMILES string of the molecule is Cc1ccc(Nc2ncc3cnn(C[C@H]4CC[C@H](N(C)C(=O)O)CC4)c3n2)cc1S(N)(=O)=O. The fourth-order valence-corrected chi connectivity index (χ4v) is 5.10. The number of carbonyl (C=O) groups is 1. The fourth-order valence-electron chi connectivity index (χ4n) is 4.29. The molecule has 0 saturated heterocycles. The quantitative estimate of drug-likeness (QED) is 0.493. The van der Waals surface area contributed by atoms with Crippen molar-refractivity contribution in [3.63, 3.8) is 0 Å². The minimum absolute atomic E-state index is 0.0442. The van der Waals surface area contributed by atoms with Crippen LogP contribution in [0.5, 0.6) is 0 Å². The highest BCUT2D eigenvalue weighted by atomic mass is 32.2. The predicted molar refractivity (Wildman–Crippen MR) is 123 cm³/mol. The van der Waals surface area contributed by atoms with Crippen molar-refractivity contribution >= 4 is 38.8 Å². The number of aromatic nitrogens is 4. The van der Waals surface area contributed by atoms with Crippen LogP contribution >= 0.6 is 0 Å². The molecule has 0 unspecified atom stereocenters. The van der Waals surface area contributed by atoms with E-state index in [1.165, 1.54) is 11.0 Å². The Balaban J connectivity index is 1.49. The lowest BCUT2D eigenvalue weighted by atomic mass is 9.85. The molecule has 1 fully saturated rings. The van der Waals surface area contributed by atoms with Crippen molar-refractivity contribution in [2.75, 3.05) is 12.4 Å². The van der Waals surface area contributed by atoms with E-state index in [1.54, 1.807) is 38.5 Å². The summed E-state index contributed by atoms with van der Waals surface area (Å²) in [5, 5.41) is 22.8. The molecule has 1 aliphatic carbocycles. The van der Waals surface area contributed by atoms with Crippen molar-refractivity contribution in [2.24, 2.45) is 11.1 Å². The van der Waals surface area contributed by atoms with Crippen LogP contribution < -0.4 is 10.5 Å². The average molecular weight is 474 g/mol. The summed E-state index contributed by atoms with van der Waals surface area (Å²) in [6.45, 7) is 2.36. The van der Waals surface area contributed by atoms with E-state index in [-0.39, 0.29) is 10.9 Å². The Hall–Kier alpha value is -3.25. The van der Waals surface area contributed by atoms with Gasteiger partial charge in [-0.3, -0.25) is 0 Å². The number of carboxylic acid groups (broad SMARTS) is 1. The lowest BCUT2D eigenvalue weighted by Crippen LogP contribution is -2.39. The number of rotatable bonds is 6. The number of benzene rings is 1. The number of hydrogen-bond donors (Lipinski definition) is 3. The first-order valence-electron chi connectivity index (χ1n) is 10.7. The number of hydrogen-bond acceptors (Lipinski definition) is 7. The van der Waals surface area contributed by atoms with E-state index >= 15 is 0 Å². The van der Waals surface area contributed by atoms with Gasteiger partial charge in [0.05, 0.1) is 16.5 Å². The van der Waals surface area contributed by atoms with Gasteiger partial charge in [-0.2, -0.15) is 10.1 Å². The molecule has 11 nitrogen and oxygen atoms in total. The number of primary sulfonamides is 1. The van der Waals surface area contributed by atoms with Crippen LogP contribution in [0.1, 0.15) is 31.2 Å². The maximum absolute atomic E-state index is 11.8. The van der Waals surface area contributed by atoms with Gasteiger partial charge in [-0.25, -0.2) is 28.0 Å². The molecule has 2 aromatic heterocycles. The molecule has 0 aliphatic heterocycles. The van der Waals surface area contributed by atoms with Gasteiger partial charge in [-0.15, -0.1) is 0 Å². The smallest absolute Gasteiger partial charge is 0.407 e. The van der Waals surface area contributed by atoms with Gasteiger partial charge in [0.2, 0.25) is 16.0 Å². The Kier molecular flexibility index (Phi) is 6.21. The van der Waals surface area contributed by atoms with E-state index in [0.29, 0.717) is 35.3 Å². The number of nitrogens with one attached hydrogen (secondary N) is 1. The first kappa shape index (κ1) is 22.9. The van der Waals surface area contributed by atoms with Gasteiger partial charge in [-0.1, -0.05) is 6.07 Å². The van der Waals surface area contributed by atoms with Crippen LogP contribution in [0.15, 0.2) is 35.5 Å². The van der Waals surface area contributed by atoms with E-state index in [4.69, 9.17) is 5.14 Å². The van der Waals surface area contributed by atoms with Gasteiger partial charge in [-0.05, 0) is 56.2 Å². The maximum atomic E-state index is 11.8. The van der Waals surface area contributed by atoms with Gasteiger partial charge in [0.25, 0.3) is 0 Å². The molecule has 1 aromatic carbocycles. The summed E-state index contributed by atoms with van der Waals surface area (Å²) in [5.74, 6) is 0.701. The summed E-state index contributed by atoms with van der Waals surface area (Å²) in [7, 11) is -2.22. The topological polar surface area (TPSA) is 156 Å². The average Bonchev–Trinajstić information content (AvgIpc) is 3.16. The molecule has 1 amide bonds. The van der Waals surface area contributed by atoms with Gasteiger partial charge >= 0.3 is 6.09 Å². The predicted octanol–water partition coefficient (Wildman–Crippen LogP) is 2.69.